The van der Waals surface area contributed by atoms with Crippen LogP contribution in [0.3, 0.4) is 0 Å². The Bertz CT molecular complexity index is 391. The molecule has 2 nitrogen and oxygen atoms in total. The van der Waals surface area contributed by atoms with E-state index in [1.807, 2.05) is 0 Å². The maximum atomic E-state index is 5.49. The summed E-state index contributed by atoms with van der Waals surface area (Å²) in [4.78, 5) is 0. The molecule has 1 aromatic carbocycles. The van der Waals surface area contributed by atoms with E-state index >= 15 is 0 Å². The van der Waals surface area contributed by atoms with Crippen molar-refractivity contribution in [3.05, 3.63) is 29.8 Å². The minimum absolute atomic E-state index is 0.720. The van der Waals surface area contributed by atoms with Gasteiger partial charge in [-0.05, 0) is 49.8 Å². The largest absolute Gasteiger partial charge is 0.496 e. The van der Waals surface area contributed by atoms with Crippen LogP contribution in [0, 0.1) is 5.92 Å². The van der Waals surface area contributed by atoms with E-state index < -0.39 is 0 Å². The average molecular weight is 275 g/mol. The fourth-order valence-electron chi connectivity index (χ4n) is 3.36. The van der Waals surface area contributed by atoms with Crippen molar-refractivity contribution in [2.45, 2.75) is 57.9 Å². The first kappa shape index (κ1) is 15.4. The molecule has 0 radical (unpaired) electrons. The number of para-hydroxylation sites is 1. The number of hydrogen-bond acceptors (Lipinski definition) is 2. The lowest BCUT2D eigenvalue weighted by atomic mass is 9.90. The third-order valence-corrected chi connectivity index (χ3v) is 4.42. The first-order valence-corrected chi connectivity index (χ1v) is 8.18. The molecule has 1 saturated carbocycles. The van der Waals surface area contributed by atoms with Crippen LogP contribution in [0.15, 0.2) is 24.3 Å². The summed E-state index contributed by atoms with van der Waals surface area (Å²) in [5.41, 5.74) is 1.37. The van der Waals surface area contributed by atoms with Crippen LogP contribution in [0.25, 0.3) is 0 Å². The Labute approximate surface area is 123 Å². The van der Waals surface area contributed by atoms with Crippen LogP contribution in [-0.2, 0) is 6.42 Å². The highest BCUT2D eigenvalue weighted by atomic mass is 16.5. The van der Waals surface area contributed by atoms with Gasteiger partial charge in [0.2, 0.25) is 0 Å². The van der Waals surface area contributed by atoms with Crippen LogP contribution in [0.4, 0.5) is 0 Å². The number of benzene rings is 1. The zero-order chi connectivity index (χ0) is 14.2. The van der Waals surface area contributed by atoms with E-state index in [4.69, 9.17) is 4.74 Å². The van der Waals surface area contributed by atoms with Gasteiger partial charge >= 0.3 is 0 Å². The standard InChI is InChI=1S/C18H29NO/c1-3-12-19-17-10-6-4-8-15(14-17)13-16-9-5-7-11-18(16)20-2/h5,7,9,11,15,17,19H,3-4,6,8,10,12-14H2,1-2H3. The van der Waals surface area contributed by atoms with E-state index in [-0.39, 0.29) is 0 Å². The van der Waals surface area contributed by atoms with E-state index in [0.29, 0.717) is 0 Å². The second kappa shape index (κ2) is 8.31. The fourth-order valence-corrected chi connectivity index (χ4v) is 3.36. The minimum Gasteiger partial charge on any atom is -0.496 e. The molecule has 1 aliphatic rings. The van der Waals surface area contributed by atoms with Crippen molar-refractivity contribution in [1.29, 1.82) is 0 Å². The van der Waals surface area contributed by atoms with Gasteiger partial charge in [0, 0.05) is 6.04 Å². The molecule has 1 aromatic rings. The Kier molecular flexibility index (Phi) is 6.38. The van der Waals surface area contributed by atoms with Gasteiger partial charge in [0.25, 0.3) is 0 Å². The monoisotopic (exact) mass is 275 g/mol. The Morgan fingerprint density at radius 1 is 1.20 bits per heavy atom. The lowest BCUT2D eigenvalue weighted by Crippen LogP contribution is -2.31. The topological polar surface area (TPSA) is 21.3 Å². The van der Waals surface area contributed by atoms with Gasteiger partial charge in [-0.3, -0.25) is 0 Å². The molecule has 0 amide bonds. The maximum absolute atomic E-state index is 5.49. The van der Waals surface area contributed by atoms with Crippen LogP contribution in [-0.4, -0.2) is 19.7 Å². The molecule has 0 bridgehead atoms. The number of rotatable bonds is 6. The summed E-state index contributed by atoms with van der Waals surface area (Å²) in [6.07, 6.45) is 9.18. The summed E-state index contributed by atoms with van der Waals surface area (Å²) in [6, 6.07) is 9.21. The highest BCUT2D eigenvalue weighted by Crippen LogP contribution is 2.29. The van der Waals surface area contributed by atoms with Crippen molar-refractivity contribution in [3.63, 3.8) is 0 Å². The van der Waals surface area contributed by atoms with E-state index in [2.05, 4.69) is 36.5 Å². The van der Waals surface area contributed by atoms with E-state index in [0.717, 1.165) is 30.7 Å². The molecule has 2 unspecified atom stereocenters. The molecule has 2 atom stereocenters. The molecule has 0 heterocycles. The lowest BCUT2D eigenvalue weighted by molar-refractivity contribution is 0.372. The number of ether oxygens (including phenoxy) is 1. The van der Waals surface area contributed by atoms with Crippen molar-refractivity contribution in [2.75, 3.05) is 13.7 Å². The molecule has 0 saturated heterocycles. The average Bonchev–Trinajstić information content (AvgIpc) is 2.71. The van der Waals surface area contributed by atoms with Gasteiger partial charge in [0.05, 0.1) is 7.11 Å². The molecule has 1 aliphatic carbocycles. The highest BCUT2D eigenvalue weighted by Gasteiger charge is 2.20. The van der Waals surface area contributed by atoms with Crippen molar-refractivity contribution in [3.8, 4) is 5.75 Å². The van der Waals surface area contributed by atoms with E-state index in [9.17, 15) is 0 Å². The van der Waals surface area contributed by atoms with Gasteiger partial charge in [-0.2, -0.15) is 0 Å². The van der Waals surface area contributed by atoms with Gasteiger partial charge in [0.15, 0.2) is 0 Å². The van der Waals surface area contributed by atoms with Crippen LogP contribution in [0.1, 0.15) is 51.0 Å². The third-order valence-electron chi connectivity index (χ3n) is 4.42. The first-order chi connectivity index (χ1) is 9.83. The summed E-state index contributed by atoms with van der Waals surface area (Å²) in [7, 11) is 1.78. The predicted molar refractivity (Wildman–Crippen MR) is 85.4 cm³/mol. The van der Waals surface area contributed by atoms with Crippen molar-refractivity contribution >= 4 is 0 Å². The van der Waals surface area contributed by atoms with E-state index in [1.54, 1.807) is 7.11 Å². The Balaban J connectivity index is 1.96. The summed E-state index contributed by atoms with van der Waals surface area (Å²) in [5.74, 6) is 1.85. The molecule has 20 heavy (non-hydrogen) atoms. The van der Waals surface area contributed by atoms with Crippen LogP contribution >= 0.6 is 0 Å². The SMILES string of the molecule is CCCNC1CCCCC(Cc2ccccc2OC)C1. The van der Waals surface area contributed by atoms with Crippen LogP contribution < -0.4 is 10.1 Å². The summed E-state index contributed by atoms with van der Waals surface area (Å²) < 4.78 is 5.49. The molecular formula is C18H29NO. The second-order valence-electron chi connectivity index (χ2n) is 6.05. The number of methoxy groups -OCH3 is 1. The molecule has 0 spiro atoms. The molecule has 0 aromatic heterocycles. The smallest absolute Gasteiger partial charge is 0.122 e. The summed E-state index contributed by atoms with van der Waals surface area (Å²) in [5, 5.41) is 3.72. The Morgan fingerprint density at radius 3 is 2.80 bits per heavy atom. The normalized spacial score (nSPS) is 23.3. The predicted octanol–water partition coefficient (Wildman–Crippen LogP) is 4.19. The molecular weight excluding hydrogens is 246 g/mol. The summed E-state index contributed by atoms with van der Waals surface area (Å²) in [6.45, 7) is 3.40. The van der Waals surface area contributed by atoms with Gasteiger partial charge in [-0.25, -0.2) is 0 Å². The zero-order valence-electron chi connectivity index (χ0n) is 13.0. The molecule has 2 rings (SSSR count). The van der Waals surface area contributed by atoms with Gasteiger partial charge < -0.3 is 10.1 Å². The second-order valence-corrected chi connectivity index (χ2v) is 6.05. The third kappa shape index (κ3) is 4.52. The van der Waals surface area contributed by atoms with Crippen molar-refractivity contribution < 1.29 is 4.74 Å². The molecule has 112 valence electrons. The first-order valence-electron chi connectivity index (χ1n) is 8.18. The van der Waals surface area contributed by atoms with Crippen molar-refractivity contribution in [2.24, 2.45) is 5.92 Å². The fraction of sp³-hybridized carbons (Fsp3) is 0.667. The van der Waals surface area contributed by atoms with Crippen LogP contribution in [0.5, 0.6) is 5.75 Å². The summed E-state index contributed by atoms with van der Waals surface area (Å²) >= 11 is 0. The van der Waals surface area contributed by atoms with Gasteiger partial charge in [0.1, 0.15) is 5.75 Å². The molecule has 2 heteroatoms. The minimum atomic E-state index is 0.720. The number of hydrogen-bond donors (Lipinski definition) is 1. The van der Waals surface area contributed by atoms with E-state index in [1.165, 1.54) is 44.1 Å². The molecule has 1 N–H and O–H groups in total. The van der Waals surface area contributed by atoms with Gasteiger partial charge in [-0.1, -0.05) is 44.4 Å². The zero-order valence-corrected chi connectivity index (χ0v) is 13.0. The number of nitrogens with one attached hydrogen (secondary N) is 1. The lowest BCUT2D eigenvalue weighted by Gasteiger charge is -2.22. The Morgan fingerprint density at radius 2 is 2.00 bits per heavy atom. The quantitative estimate of drug-likeness (QED) is 0.786. The highest BCUT2D eigenvalue weighted by molar-refractivity contribution is 5.33. The molecule has 1 fully saturated rings. The molecule has 0 aliphatic heterocycles. The van der Waals surface area contributed by atoms with Gasteiger partial charge in [-0.15, -0.1) is 0 Å². The van der Waals surface area contributed by atoms with Crippen LogP contribution in [0.2, 0.25) is 0 Å². The maximum Gasteiger partial charge on any atom is 0.122 e. The van der Waals surface area contributed by atoms with Crippen molar-refractivity contribution in [1.82, 2.24) is 5.32 Å². The Hall–Kier alpha value is -1.02.